The summed E-state index contributed by atoms with van der Waals surface area (Å²) in [7, 11) is 0. The first-order valence-electron chi connectivity index (χ1n) is 7.00. The molecule has 1 spiro atoms. The number of anilines is 1. The van der Waals surface area contributed by atoms with Crippen LogP contribution in [-0.4, -0.2) is 21.9 Å². The fourth-order valence-corrected chi connectivity index (χ4v) is 3.87. The lowest BCUT2D eigenvalue weighted by Gasteiger charge is -2.28. The van der Waals surface area contributed by atoms with E-state index in [0.29, 0.717) is 5.92 Å². The molecule has 5 heteroatoms. The summed E-state index contributed by atoms with van der Waals surface area (Å²) in [5.74, 6) is 1.55. The minimum absolute atomic E-state index is 0.234. The first-order valence-corrected chi connectivity index (χ1v) is 7.38. The average Bonchev–Trinajstić information content (AvgIpc) is 3.03. The molecule has 1 aromatic rings. The SMILES string of the molecule is CC1CCCC1N1C(=O)C2(CC2)c2cnc(Cl)nc21. The first kappa shape index (κ1) is 11.6. The van der Waals surface area contributed by atoms with E-state index < -0.39 is 0 Å². The zero-order valence-corrected chi connectivity index (χ0v) is 11.7. The highest BCUT2D eigenvalue weighted by Crippen LogP contribution is 2.58. The summed E-state index contributed by atoms with van der Waals surface area (Å²) < 4.78 is 0. The number of fused-ring (bicyclic) bond motifs is 2. The average molecular weight is 278 g/mol. The van der Waals surface area contributed by atoms with E-state index in [-0.39, 0.29) is 22.6 Å². The Labute approximate surface area is 117 Å². The maximum absolute atomic E-state index is 12.8. The van der Waals surface area contributed by atoms with E-state index >= 15 is 0 Å². The number of aromatic nitrogens is 2. The smallest absolute Gasteiger partial charge is 0.239 e. The van der Waals surface area contributed by atoms with Crippen molar-refractivity contribution in [2.24, 2.45) is 5.92 Å². The number of carbonyl (C=O) groups excluding carboxylic acids is 1. The Balaban J connectivity index is 1.84. The number of rotatable bonds is 1. The summed E-state index contributed by atoms with van der Waals surface area (Å²) in [5.41, 5.74) is 0.698. The Morgan fingerprint density at radius 1 is 1.42 bits per heavy atom. The molecule has 2 unspecified atom stereocenters. The lowest BCUT2D eigenvalue weighted by molar-refractivity contribution is -0.120. The van der Waals surface area contributed by atoms with Crippen molar-refractivity contribution < 1.29 is 4.79 Å². The van der Waals surface area contributed by atoms with Gasteiger partial charge in [0.1, 0.15) is 5.82 Å². The lowest BCUT2D eigenvalue weighted by Crippen LogP contribution is -2.42. The molecule has 4 rings (SSSR count). The van der Waals surface area contributed by atoms with Gasteiger partial charge in [-0.3, -0.25) is 9.69 Å². The molecule has 2 saturated carbocycles. The Morgan fingerprint density at radius 3 is 2.84 bits per heavy atom. The molecule has 1 aliphatic heterocycles. The van der Waals surface area contributed by atoms with E-state index in [4.69, 9.17) is 11.6 Å². The van der Waals surface area contributed by atoms with E-state index in [2.05, 4.69) is 16.9 Å². The number of hydrogen-bond donors (Lipinski definition) is 0. The van der Waals surface area contributed by atoms with Crippen LogP contribution < -0.4 is 4.90 Å². The first-order chi connectivity index (χ1) is 9.13. The van der Waals surface area contributed by atoms with Crippen LogP contribution in [0.2, 0.25) is 5.28 Å². The van der Waals surface area contributed by atoms with Crippen molar-refractivity contribution in [2.75, 3.05) is 4.90 Å². The van der Waals surface area contributed by atoms with E-state index in [1.165, 1.54) is 12.8 Å². The molecule has 100 valence electrons. The zero-order chi connectivity index (χ0) is 13.2. The van der Waals surface area contributed by atoms with Crippen molar-refractivity contribution in [3.63, 3.8) is 0 Å². The second-order valence-corrected chi connectivity index (χ2v) is 6.45. The van der Waals surface area contributed by atoms with Crippen LogP contribution >= 0.6 is 11.6 Å². The maximum atomic E-state index is 12.8. The summed E-state index contributed by atoms with van der Waals surface area (Å²) in [4.78, 5) is 23.2. The van der Waals surface area contributed by atoms with E-state index in [1.54, 1.807) is 6.20 Å². The van der Waals surface area contributed by atoms with E-state index in [9.17, 15) is 4.79 Å². The van der Waals surface area contributed by atoms with Gasteiger partial charge >= 0.3 is 0 Å². The van der Waals surface area contributed by atoms with Crippen molar-refractivity contribution in [1.82, 2.24) is 9.97 Å². The maximum Gasteiger partial charge on any atom is 0.239 e. The van der Waals surface area contributed by atoms with Gasteiger partial charge in [0.15, 0.2) is 0 Å². The van der Waals surface area contributed by atoms with Gasteiger partial charge in [0.05, 0.1) is 5.41 Å². The van der Waals surface area contributed by atoms with Crippen molar-refractivity contribution >= 4 is 23.3 Å². The predicted molar refractivity (Wildman–Crippen MR) is 72.2 cm³/mol. The number of carbonyl (C=O) groups is 1. The van der Waals surface area contributed by atoms with Crippen LogP contribution in [0, 0.1) is 5.92 Å². The van der Waals surface area contributed by atoms with Gasteiger partial charge in [-0.15, -0.1) is 0 Å². The molecule has 1 aromatic heterocycles. The Bertz CT molecular complexity index is 570. The van der Waals surface area contributed by atoms with E-state index in [1.807, 2.05) is 4.90 Å². The molecule has 3 aliphatic rings. The summed E-state index contributed by atoms with van der Waals surface area (Å²) in [6, 6.07) is 0.289. The van der Waals surface area contributed by atoms with Gasteiger partial charge in [-0.1, -0.05) is 13.3 Å². The summed E-state index contributed by atoms with van der Waals surface area (Å²) in [6.45, 7) is 2.23. The van der Waals surface area contributed by atoms with Crippen LogP contribution in [0.4, 0.5) is 5.82 Å². The van der Waals surface area contributed by atoms with E-state index in [0.717, 1.165) is 30.6 Å². The number of amides is 1. The highest BCUT2D eigenvalue weighted by molar-refractivity contribution is 6.28. The van der Waals surface area contributed by atoms with Crippen molar-refractivity contribution in [1.29, 1.82) is 0 Å². The summed E-state index contributed by atoms with van der Waals surface area (Å²) in [6.07, 6.45) is 7.08. The van der Waals surface area contributed by atoms with Gasteiger partial charge in [0.2, 0.25) is 11.2 Å². The van der Waals surface area contributed by atoms with Gasteiger partial charge in [0.25, 0.3) is 0 Å². The van der Waals surface area contributed by atoms with Crippen LogP contribution in [0.25, 0.3) is 0 Å². The summed E-state index contributed by atoms with van der Waals surface area (Å²) in [5, 5.41) is 0.236. The molecule has 4 nitrogen and oxygen atoms in total. The van der Waals surface area contributed by atoms with Gasteiger partial charge in [-0.2, -0.15) is 4.98 Å². The minimum atomic E-state index is -0.303. The van der Waals surface area contributed by atoms with Gasteiger partial charge in [0, 0.05) is 17.8 Å². The normalized spacial score (nSPS) is 31.1. The Hall–Kier alpha value is -1.16. The van der Waals surface area contributed by atoms with Crippen molar-refractivity contribution in [2.45, 2.75) is 50.5 Å². The second kappa shape index (κ2) is 3.69. The van der Waals surface area contributed by atoms with Crippen molar-refractivity contribution in [3.05, 3.63) is 17.0 Å². The number of halogens is 1. The third-order valence-electron chi connectivity index (χ3n) is 5.01. The van der Waals surface area contributed by atoms with Crippen LogP contribution in [0.3, 0.4) is 0 Å². The largest absolute Gasteiger partial charge is 0.292 e. The standard InChI is InChI=1S/C14H16ClN3O/c1-8-3-2-4-10(8)18-11-9(7-16-13(15)17-11)14(5-6-14)12(18)19/h7-8,10H,2-6H2,1H3. The van der Waals surface area contributed by atoms with Gasteiger partial charge < -0.3 is 0 Å². The van der Waals surface area contributed by atoms with Crippen LogP contribution in [0.5, 0.6) is 0 Å². The molecule has 2 fully saturated rings. The molecule has 1 amide bonds. The quantitative estimate of drug-likeness (QED) is 0.742. The third kappa shape index (κ3) is 1.43. The number of hydrogen-bond acceptors (Lipinski definition) is 3. The topological polar surface area (TPSA) is 46.1 Å². The highest BCUT2D eigenvalue weighted by atomic mass is 35.5. The predicted octanol–water partition coefficient (Wildman–Crippen LogP) is 2.70. The molecule has 0 N–H and O–H groups in total. The van der Waals surface area contributed by atoms with Crippen LogP contribution in [0.1, 0.15) is 44.6 Å². The monoisotopic (exact) mass is 277 g/mol. The number of nitrogens with zero attached hydrogens (tertiary/aromatic N) is 3. The fraction of sp³-hybridized carbons (Fsp3) is 0.643. The molecule has 0 radical (unpaired) electrons. The van der Waals surface area contributed by atoms with Crippen molar-refractivity contribution in [3.8, 4) is 0 Å². The zero-order valence-electron chi connectivity index (χ0n) is 10.9. The van der Waals surface area contributed by atoms with Gasteiger partial charge in [-0.25, -0.2) is 4.98 Å². The Kier molecular flexibility index (Phi) is 2.26. The van der Waals surface area contributed by atoms with Gasteiger partial charge in [-0.05, 0) is 43.2 Å². The summed E-state index contributed by atoms with van der Waals surface area (Å²) >= 11 is 5.93. The Morgan fingerprint density at radius 2 is 2.21 bits per heavy atom. The molecular weight excluding hydrogens is 262 g/mol. The van der Waals surface area contributed by atoms with Crippen LogP contribution in [0.15, 0.2) is 6.20 Å². The molecular formula is C14H16ClN3O. The lowest BCUT2D eigenvalue weighted by atomic mass is 10.0. The minimum Gasteiger partial charge on any atom is -0.292 e. The molecule has 19 heavy (non-hydrogen) atoms. The molecule has 2 aliphatic carbocycles. The molecule has 0 bridgehead atoms. The molecule has 2 atom stereocenters. The molecule has 0 saturated heterocycles. The molecule has 2 heterocycles. The molecule has 0 aromatic carbocycles. The fourth-order valence-electron chi connectivity index (χ4n) is 3.74. The highest BCUT2D eigenvalue weighted by Gasteiger charge is 2.61. The van der Waals surface area contributed by atoms with Crippen LogP contribution in [-0.2, 0) is 10.2 Å². The second-order valence-electron chi connectivity index (χ2n) is 6.11. The third-order valence-corrected chi connectivity index (χ3v) is 5.19.